The van der Waals surface area contributed by atoms with Crippen molar-refractivity contribution in [2.75, 3.05) is 13.1 Å². The maximum absolute atomic E-state index is 12.5. The molecule has 2 aliphatic rings. The van der Waals surface area contributed by atoms with Crippen molar-refractivity contribution in [3.63, 3.8) is 0 Å². The first-order valence-corrected chi connectivity index (χ1v) is 7.32. The van der Waals surface area contributed by atoms with Gasteiger partial charge in [-0.25, -0.2) is 0 Å². The fourth-order valence-electron chi connectivity index (χ4n) is 3.40. The van der Waals surface area contributed by atoms with Crippen molar-refractivity contribution in [3.8, 4) is 0 Å². The Balaban J connectivity index is 1.90. The Bertz CT molecular complexity index is 359. The van der Waals surface area contributed by atoms with Gasteiger partial charge in [0, 0.05) is 25.0 Å². The average Bonchev–Trinajstić information content (AvgIpc) is 2.86. The lowest BCUT2D eigenvalue weighted by Crippen LogP contribution is -2.40. The lowest BCUT2D eigenvalue weighted by Gasteiger charge is -2.32. The van der Waals surface area contributed by atoms with Gasteiger partial charge in [0.25, 0.3) is 0 Å². The summed E-state index contributed by atoms with van der Waals surface area (Å²) in [6, 6.07) is 0.242. The van der Waals surface area contributed by atoms with Gasteiger partial charge in [0.1, 0.15) is 0 Å². The highest BCUT2D eigenvalue weighted by molar-refractivity contribution is 5.82. The van der Waals surface area contributed by atoms with Crippen molar-refractivity contribution < 1.29 is 9.59 Å². The van der Waals surface area contributed by atoms with Crippen molar-refractivity contribution in [1.29, 1.82) is 0 Å². The fraction of sp³-hybridized carbons (Fsp3) is 0.857. The molecule has 0 aromatic heterocycles. The van der Waals surface area contributed by atoms with Crippen molar-refractivity contribution in [1.82, 2.24) is 4.90 Å². The molecule has 0 radical (unpaired) electrons. The summed E-state index contributed by atoms with van der Waals surface area (Å²) >= 11 is 0. The van der Waals surface area contributed by atoms with Crippen LogP contribution in [0.4, 0.5) is 0 Å². The van der Waals surface area contributed by atoms with E-state index in [4.69, 9.17) is 11.5 Å². The number of amides is 2. The summed E-state index contributed by atoms with van der Waals surface area (Å²) in [6.07, 6.45) is 4.93. The Morgan fingerprint density at radius 3 is 2.58 bits per heavy atom. The SMILES string of the molecule is CC(C(=O)N1CCC(C(N)=O)C1)C1CCCC(N)C1. The minimum atomic E-state index is -0.289. The molecule has 0 bridgehead atoms. The van der Waals surface area contributed by atoms with Crippen LogP contribution in [0.5, 0.6) is 0 Å². The van der Waals surface area contributed by atoms with E-state index in [9.17, 15) is 9.59 Å². The van der Waals surface area contributed by atoms with Crippen LogP contribution < -0.4 is 11.5 Å². The van der Waals surface area contributed by atoms with E-state index in [0.29, 0.717) is 25.4 Å². The standard InChI is InChI=1S/C14H25N3O2/c1-9(10-3-2-4-12(15)7-10)14(19)17-6-5-11(8-17)13(16)18/h9-12H,2-8,15H2,1H3,(H2,16,18). The molecule has 5 heteroatoms. The molecule has 4 unspecified atom stereocenters. The molecule has 2 amide bonds. The largest absolute Gasteiger partial charge is 0.369 e. The van der Waals surface area contributed by atoms with Crippen LogP contribution in [0.15, 0.2) is 0 Å². The van der Waals surface area contributed by atoms with Crippen LogP contribution in [0.2, 0.25) is 0 Å². The molecule has 1 aliphatic heterocycles. The predicted octanol–water partition coefficient (Wildman–Crippen LogP) is 0.474. The first-order chi connectivity index (χ1) is 8.99. The molecule has 4 N–H and O–H groups in total. The number of nitrogens with two attached hydrogens (primary N) is 2. The molecule has 1 saturated heterocycles. The molecule has 0 aromatic carbocycles. The Labute approximate surface area is 114 Å². The smallest absolute Gasteiger partial charge is 0.225 e. The summed E-state index contributed by atoms with van der Waals surface area (Å²) in [4.78, 5) is 25.4. The van der Waals surface area contributed by atoms with Gasteiger partial charge >= 0.3 is 0 Å². The maximum atomic E-state index is 12.5. The molecule has 1 heterocycles. The van der Waals surface area contributed by atoms with Gasteiger partial charge in [-0.1, -0.05) is 13.3 Å². The Hall–Kier alpha value is -1.10. The molecule has 0 aromatic rings. The zero-order valence-electron chi connectivity index (χ0n) is 11.7. The Kier molecular flexibility index (Phi) is 4.45. The number of hydrogen-bond donors (Lipinski definition) is 2. The van der Waals surface area contributed by atoms with E-state index in [-0.39, 0.29) is 29.7 Å². The number of likely N-dealkylation sites (tertiary alicyclic amines) is 1. The third-order valence-corrected chi connectivity index (χ3v) is 4.75. The van der Waals surface area contributed by atoms with Gasteiger partial charge in [0.05, 0.1) is 5.92 Å². The first-order valence-electron chi connectivity index (χ1n) is 7.32. The molecule has 2 rings (SSSR count). The summed E-state index contributed by atoms with van der Waals surface area (Å²) in [5.74, 6) is 0.122. The normalized spacial score (nSPS) is 33.2. The summed E-state index contributed by atoms with van der Waals surface area (Å²) in [5, 5.41) is 0. The van der Waals surface area contributed by atoms with Gasteiger partial charge in [0.15, 0.2) is 0 Å². The van der Waals surface area contributed by atoms with Crippen LogP contribution in [-0.4, -0.2) is 35.8 Å². The zero-order chi connectivity index (χ0) is 14.0. The van der Waals surface area contributed by atoms with E-state index in [0.717, 1.165) is 25.7 Å². The zero-order valence-corrected chi connectivity index (χ0v) is 11.7. The van der Waals surface area contributed by atoms with Crippen LogP contribution in [0.25, 0.3) is 0 Å². The first kappa shape index (κ1) is 14.3. The highest BCUT2D eigenvalue weighted by Gasteiger charge is 2.35. The van der Waals surface area contributed by atoms with E-state index < -0.39 is 0 Å². The quantitative estimate of drug-likeness (QED) is 0.779. The van der Waals surface area contributed by atoms with E-state index in [1.807, 2.05) is 6.92 Å². The summed E-state index contributed by atoms with van der Waals surface area (Å²) in [5.41, 5.74) is 11.3. The van der Waals surface area contributed by atoms with Crippen LogP contribution in [-0.2, 0) is 9.59 Å². The summed E-state index contributed by atoms with van der Waals surface area (Å²) in [6.45, 7) is 3.16. The van der Waals surface area contributed by atoms with Crippen LogP contribution in [0, 0.1) is 17.8 Å². The van der Waals surface area contributed by atoms with Gasteiger partial charge in [-0.3, -0.25) is 9.59 Å². The van der Waals surface area contributed by atoms with Gasteiger partial charge in [-0.2, -0.15) is 0 Å². The minimum Gasteiger partial charge on any atom is -0.369 e. The number of hydrogen-bond acceptors (Lipinski definition) is 3. The minimum absolute atomic E-state index is 0.0120. The number of carbonyl (C=O) groups is 2. The molecule has 108 valence electrons. The molecular weight excluding hydrogens is 242 g/mol. The van der Waals surface area contributed by atoms with E-state index >= 15 is 0 Å². The van der Waals surface area contributed by atoms with Crippen LogP contribution >= 0.6 is 0 Å². The topological polar surface area (TPSA) is 89.4 Å². The van der Waals surface area contributed by atoms with Gasteiger partial charge in [-0.05, 0) is 31.6 Å². The molecule has 0 spiro atoms. The second kappa shape index (κ2) is 5.90. The van der Waals surface area contributed by atoms with Crippen molar-refractivity contribution in [2.45, 2.75) is 45.1 Å². The molecule has 1 aliphatic carbocycles. The van der Waals surface area contributed by atoms with Crippen molar-refractivity contribution in [3.05, 3.63) is 0 Å². The third-order valence-electron chi connectivity index (χ3n) is 4.75. The molecule has 5 nitrogen and oxygen atoms in total. The highest BCUT2D eigenvalue weighted by atomic mass is 16.2. The maximum Gasteiger partial charge on any atom is 0.225 e. The lowest BCUT2D eigenvalue weighted by molar-refractivity contribution is -0.136. The fourth-order valence-corrected chi connectivity index (χ4v) is 3.40. The highest BCUT2D eigenvalue weighted by Crippen LogP contribution is 2.31. The van der Waals surface area contributed by atoms with E-state index in [1.165, 1.54) is 0 Å². The Morgan fingerprint density at radius 2 is 2.00 bits per heavy atom. The second-order valence-electron chi connectivity index (χ2n) is 6.15. The number of rotatable bonds is 3. The summed E-state index contributed by atoms with van der Waals surface area (Å²) < 4.78 is 0. The van der Waals surface area contributed by atoms with E-state index in [1.54, 1.807) is 4.90 Å². The third kappa shape index (κ3) is 3.26. The Morgan fingerprint density at radius 1 is 1.26 bits per heavy atom. The predicted molar refractivity (Wildman–Crippen MR) is 73.0 cm³/mol. The van der Waals surface area contributed by atoms with Gasteiger partial charge in [-0.15, -0.1) is 0 Å². The van der Waals surface area contributed by atoms with Gasteiger partial charge in [0.2, 0.25) is 11.8 Å². The van der Waals surface area contributed by atoms with E-state index in [2.05, 4.69) is 0 Å². The average molecular weight is 267 g/mol. The lowest BCUT2D eigenvalue weighted by atomic mass is 9.78. The molecule has 19 heavy (non-hydrogen) atoms. The number of nitrogens with zero attached hydrogens (tertiary/aromatic N) is 1. The molecular formula is C14H25N3O2. The van der Waals surface area contributed by atoms with Crippen molar-refractivity contribution in [2.24, 2.45) is 29.2 Å². The molecule has 2 fully saturated rings. The van der Waals surface area contributed by atoms with Crippen molar-refractivity contribution >= 4 is 11.8 Å². The van der Waals surface area contributed by atoms with Gasteiger partial charge < -0.3 is 16.4 Å². The number of carbonyl (C=O) groups excluding carboxylic acids is 2. The molecule has 1 saturated carbocycles. The monoisotopic (exact) mass is 267 g/mol. The second-order valence-corrected chi connectivity index (χ2v) is 6.15. The number of primary amides is 1. The van der Waals surface area contributed by atoms with Crippen LogP contribution in [0.3, 0.4) is 0 Å². The summed E-state index contributed by atoms with van der Waals surface area (Å²) in [7, 11) is 0. The molecule has 4 atom stereocenters. The van der Waals surface area contributed by atoms with Crippen LogP contribution in [0.1, 0.15) is 39.0 Å².